The van der Waals surface area contributed by atoms with Crippen molar-refractivity contribution in [3.63, 3.8) is 0 Å². The van der Waals surface area contributed by atoms with E-state index < -0.39 is 0 Å². The Morgan fingerprint density at radius 2 is 1.94 bits per heavy atom. The monoisotopic (exact) mass is 259 g/mol. The van der Waals surface area contributed by atoms with Gasteiger partial charge in [-0.2, -0.15) is 0 Å². The van der Waals surface area contributed by atoms with Crippen LogP contribution >= 0.6 is 22.9 Å². The van der Waals surface area contributed by atoms with Crippen molar-refractivity contribution in [3.8, 4) is 0 Å². The van der Waals surface area contributed by atoms with Crippen molar-refractivity contribution in [3.05, 3.63) is 21.3 Å². The molecule has 0 unspecified atom stereocenters. The summed E-state index contributed by atoms with van der Waals surface area (Å²) in [7, 11) is 0. The van der Waals surface area contributed by atoms with Gasteiger partial charge in [0.25, 0.3) is 0 Å². The summed E-state index contributed by atoms with van der Waals surface area (Å²) >= 11 is 7.60. The van der Waals surface area contributed by atoms with Crippen molar-refractivity contribution in [1.82, 2.24) is 5.32 Å². The van der Waals surface area contributed by atoms with E-state index in [0.29, 0.717) is 0 Å². The van der Waals surface area contributed by atoms with Crippen LogP contribution in [-0.4, -0.2) is 13.1 Å². The van der Waals surface area contributed by atoms with Crippen LogP contribution in [0.15, 0.2) is 12.1 Å². The molecule has 1 N–H and O–H groups in total. The van der Waals surface area contributed by atoms with Crippen molar-refractivity contribution in [2.45, 2.75) is 45.4 Å². The van der Waals surface area contributed by atoms with Crippen LogP contribution in [0.5, 0.6) is 0 Å². The fourth-order valence-electron chi connectivity index (χ4n) is 1.69. The van der Waals surface area contributed by atoms with Crippen molar-refractivity contribution in [2.75, 3.05) is 13.1 Å². The third-order valence-electron chi connectivity index (χ3n) is 2.58. The molecule has 0 radical (unpaired) electrons. The molecule has 0 aliphatic rings. The second-order valence-corrected chi connectivity index (χ2v) is 5.92. The van der Waals surface area contributed by atoms with Gasteiger partial charge in [0.1, 0.15) is 0 Å². The van der Waals surface area contributed by atoms with Gasteiger partial charge in [-0.3, -0.25) is 0 Å². The maximum absolute atomic E-state index is 5.88. The lowest BCUT2D eigenvalue weighted by molar-refractivity contribution is 0.585. The van der Waals surface area contributed by atoms with Crippen LogP contribution < -0.4 is 5.32 Å². The molecule has 0 aliphatic heterocycles. The number of unbranched alkanes of at least 4 members (excludes halogenated alkanes) is 3. The van der Waals surface area contributed by atoms with Crippen LogP contribution in [0.3, 0.4) is 0 Å². The van der Waals surface area contributed by atoms with Crippen LogP contribution in [0.2, 0.25) is 4.34 Å². The predicted molar refractivity (Wildman–Crippen MR) is 74.7 cm³/mol. The van der Waals surface area contributed by atoms with Crippen LogP contribution in [0.1, 0.15) is 43.9 Å². The first kappa shape index (κ1) is 14.0. The van der Waals surface area contributed by atoms with Crippen molar-refractivity contribution in [2.24, 2.45) is 0 Å². The average molecular weight is 260 g/mol. The van der Waals surface area contributed by atoms with Crippen molar-refractivity contribution >= 4 is 22.9 Å². The number of thiophene rings is 1. The number of hydrogen-bond donors (Lipinski definition) is 1. The molecule has 0 saturated carbocycles. The quantitative estimate of drug-likeness (QED) is 0.644. The number of aryl methyl sites for hydroxylation is 1. The van der Waals surface area contributed by atoms with Gasteiger partial charge in [-0.25, -0.2) is 0 Å². The minimum absolute atomic E-state index is 0.916. The van der Waals surface area contributed by atoms with Gasteiger partial charge in [0.2, 0.25) is 0 Å². The highest BCUT2D eigenvalue weighted by Gasteiger charge is 1.97. The second kappa shape index (κ2) is 9.03. The van der Waals surface area contributed by atoms with Crippen LogP contribution in [0, 0.1) is 0 Å². The Morgan fingerprint density at radius 1 is 1.12 bits per heavy atom. The smallest absolute Gasteiger partial charge is 0.0931 e. The third-order valence-corrected chi connectivity index (χ3v) is 3.87. The zero-order valence-corrected chi connectivity index (χ0v) is 11.7. The SMILES string of the molecule is CCCNCCCCCCc1ccc(Cl)s1. The lowest BCUT2D eigenvalue weighted by atomic mass is 10.1. The van der Waals surface area contributed by atoms with E-state index in [1.807, 2.05) is 6.07 Å². The highest BCUT2D eigenvalue weighted by atomic mass is 35.5. The topological polar surface area (TPSA) is 12.0 Å². The summed E-state index contributed by atoms with van der Waals surface area (Å²) in [6.07, 6.45) is 7.72. The highest BCUT2D eigenvalue weighted by Crippen LogP contribution is 2.23. The Balaban J connectivity index is 1.88. The number of rotatable bonds is 9. The summed E-state index contributed by atoms with van der Waals surface area (Å²) in [5.74, 6) is 0. The van der Waals surface area contributed by atoms with Gasteiger partial charge < -0.3 is 5.32 Å². The largest absolute Gasteiger partial charge is 0.317 e. The Hall–Kier alpha value is -0.0500. The van der Waals surface area contributed by atoms with Gasteiger partial charge in [-0.05, 0) is 50.9 Å². The molecule has 0 spiro atoms. The average Bonchev–Trinajstić information content (AvgIpc) is 2.68. The first-order chi connectivity index (χ1) is 7.83. The maximum Gasteiger partial charge on any atom is 0.0931 e. The van der Waals surface area contributed by atoms with E-state index in [9.17, 15) is 0 Å². The molecule has 1 aromatic heterocycles. The van der Waals surface area contributed by atoms with E-state index >= 15 is 0 Å². The van der Waals surface area contributed by atoms with Crippen LogP contribution in [-0.2, 0) is 6.42 Å². The van der Waals surface area contributed by atoms with Crippen LogP contribution in [0.4, 0.5) is 0 Å². The van der Waals surface area contributed by atoms with Gasteiger partial charge in [0, 0.05) is 4.88 Å². The number of nitrogens with one attached hydrogen (secondary N) is 1. The molecule has 3 heteroatoms. The molecular formula is C13H22ClNS. The highest BCUT2D eigenvalue weighted by molar-refractivity contribution is 7.16. The molecule has 0 amide bonds. The molecule has 1 rings (SSSR count). The fourth-order valence-corrected chi connectivity index (χ4v) is 2.82. The molecule has 0 fully saturated rings. The van der Waals surface area contributed by atoms with Gasteiger partial charge in [0.05, 0.1) is 4.34 Å². The van der Waals surface area contributed by atoms with Crippen molar-refractivity contribution in [1.29, 1.82) is 0 Å². The molecule has 0 atom stereocenters. The zero-order valence-electron chi connectivity index (χ0n) is 10.1. The molecular weight excluding hydrogens is 238 g/mol. The maximum atomic E-state index is 5.88. The lowest BCUT2D eigenvalue weighted by Crippen LogP contribution is -2.15. The molecule has 0 aromatic carbocycles. The minimum Gasteiger partial charge on any atom is -0.317 e. The summed E-state index contributed by atoms with van der Waals surface area (Å²) in [6, 6.07) is 4.14. The van der Waals surface area contributed by atoms with E-state index in [1.54, 1.807) is 11.3 Å². The van der Waals surface area contributed by atoms with Gasteiger partial charge in [0.15, 0.2) is 0 Å². The standard InChI is InChI=1S/C13H22ClNS/c1-2-10-15-11-6-4-3-5-7-12-8-9-13(14)16-12/h8-9,15H,2-7,10-11H2,1H3. The summed E-state index contributed by atoms with van der Waals surface area (Å²) in [6.45, 7) is 4.55. The van der Waals surface area contributed by atoms with Crippen LogP contribution in [0.25, 0.3) is 0 Å². The molecule has 1 nitrogen and oxygen atoms in total. The van der Waals surface area contributed by atoms with Gasteiger partial charge in [-0.1, -0.05) is 31.4 Å². The molecule has 0 aliphatic carbocycles. The second-order valence-electron chi connectivity index (χ2n) is 4.12. The van der Waals surface area contributed by atoms with E-state index in [-0.39, 0.29) is 0 Å². The Labute approximate surface area is 108 Å². The minimum atomic E-state index is 0.916. The van der Waals surface area contributed by atoms with Gasteiger partial charge in [-0.15, -0.1) is 11.3 Å². The molecule has 16 heavy (non-hydrogen) atoms. The molecule has 0 bridgehead atoms. The molecule has 1 heterocycles. The lowest BCUT2D eigenvalue weighted by Gasteiger charge is -2.02. The van der Waals surface area contributed by atoms with E-state index in [0.717, 1.165) is 10.9 Å². The molecule has 0 saturated heterocycles. The van der Waals surface area contributed by atoms with E-state index in [2.05, 4.69) is 18.3 Å². The Bertz CT molecular complexity index is 273. The van der Waals surface area contributed by atoms with E-state index in [4.69, 9.17) is 11.6 Å². The first-order valence-corrected chi connectivity index (χ1v) is 7.47. The Morgan fingerprint density at radius 3 is 2.62 bits per heavy atom. The normalized spacial score (nSPS) is 10.9. The van der Waals surface area contributed by atoms with E-state index in [1.165, 1.54) is 49.9 Å². The Kier molecular flexibility index (Phi) is 7.91. The van der Waals surface area contributed by atoms with Crippen molar-refractivity contribution < 1.29 is 0 Å². The molecule has 1 aromatic rings. The molecule has 92 valence electrons. The zero-order chi connectivity index (χ0) is 11.6. The summed E-state index contributed by atoms with van der Waals surface area (Å²) in [5, 5.41) is 3.43. The fraction of sp³-hybridized carbons (Fsp3) is 0.692. The summed E-state index contributed by atoms with van der Waals surface area (Å²) in [4.78, 5) is 1.43. The summed E-state index contributed by atoms with van der Waals surface area (Å²) < 4.78 is 0.916. The summed E-state index contributed by atoms with van der Waals surface area (Å²) in [5.41, 5.74) is 0. The number of hydrogen-bond acceptors (Lipinski definition) is 2. The third kappa shape index (κ3) is 6.51. The first-order valence-electron chi connectivity index (χ1n) is 6.28. The predicted octanol–water partition coefficient (Wildman–Crippen LogP) is 4.50. The number of halogens is 1. The van der Waals surface area contributed by atoms with Gasteiger partial charge >= 0.3 is 0 Å².